The molecule has 0 aliphatic carbocycles. The molecular formula is C27H21N3O3S. The maximum atomic E-state index is 13.3. The summed E-state index contributed by atoms with van der Waals surface area (Å²) in [5.74, 6) is -0.294. The van der Waals surface area contributed by atoms with Crippen LogP contribution in [0.15, 0.2) is 101 Å². The SMILES string of the molecule is Cc1cccc(-c2csc(C(=O)Nc3ccc(NC(=O)c4ccco4)cc3)c2-n2cccc2)c1. The Bertz CT molecular complexity index is 1430. The van der Waals surface area contributed by atoms with Crippen LogP contribution in [0, 0.1) is 6.92 Å². The van der Waals surface area contributed by atoms with Crippen molar-refractivity contribution in [2.45, 2.75) is 6.92 Å². The van der Waals surface area contributed by atoms with Gasteiger partial charge in [-0.2, -0.15) is 0 Å². The fraction of sp³-hybridized carbons (Fsp3) is 0.0370. The number of carbonyl (C=O) groups is 2. The Balaban J connectivity index is 1.38. The van der Waals surface area contributed by atoms with Crippen molar-refractivity contribution in [3.63, 3.8) is 0 Å². The first-order valence-electron chi connectivity index (χ1n) is 10.7. The summed E-state index contributed by atoms with van der Waals surface area (Å²) < 4.78 is 7.07. The van der Waals surface area contributed by atoms with Crippen LogP contribution in [0.4, 0.5) is 11.4 Å². The summed E-state index contributed by atoms with van der Waals surface area (Å²) in [4.78, 5) is 26.0. The van der Waals surface area contributed by atoms with Crippen LogP contribution in [-0.2, 0) is 0 Å². The van der Waals surface area contributed by atoms with Crippen LogP contribution in [0.25, 0.3) is 16.8 Å². The van der Waals surface area contributed by atoms with Crippen LogP contribution in [0.1, 0.15) is 25.8 Å². The lowest BCUT2D eigenvalue weighted by Crippen LogP contribution is -2.13. The zero-order chi connectivity index (χ0) is 23.5. The summed E-state index contributed by atoms with van der Waals surface area (Å²) in [6.07, 6.45) is 5.33. The molecule has 2 N–H and O–H groups in total. The van der Waals surface area contributed by atoms with Crippen LogP contribution in [-0.4, -0.2) is 16.4 Å². The van der Waals surface area contributed by atoms with E-state index in [2.05, 4.69) is 35.8 Å². The number of hydrogen-bond acceptors (Lipinski definition) is 4. The highest BCUT2D eigenvalue weighted by molar-refractivity contribution is 7.13. The molecule has 0 radical (unpaired) electrons. The van der Waals surface area contributed by atoms with Gasteiger partial charge in [0.2, 0.25) is 0 Å². The number of aryl methyl sites for hydroxylation is 1. The van der Waals surface area contributed by atoms with Gasteiger partial charge in [0.25, 0.3) is 11.8 Å². The second-order valence-electron chi connectivity index (χ2n) is 7.75. The molecule has 3 heterocycles. The minimum absolute atomic E-state index is 0.194. The minimum Gasteiger partial charge on any atom is -0.459 e. The van der Waals surface area contributed by atoms with Crippen LogP contribution < -0.4 is 10.6 Å². The van der Waals surface area contributed by atoms with Gasteiger partial charge < -0.3 is 19.6 Å². The number of anilines is 2. The van der Waals surface area contributed by atoms with Crippen LogP contribution in [0.5, 0.6) is 0 Å². The van der Waals surface area contributed by atoms with Crippen molar-refractivity contribution in [3.8, 4) is 16.8 Å². The lowest BCUT2D eigenvalue weighted by Gasteiger charge is -2.11. The number of nitrogens with one attached hydrogen (secondary N) is 2. The number of rotatable bonds is 6. The zero-order valence-electron chi connectivity index (χ0n) is 18.3. The molecule has 0 saturated carbocycles. The third-order valence-corrected chi connectivity index (χ3v) is 6.28. The normalized spacial score (nSPS) is 10.7. The lowest BCUT2D eigenvalue weighted by molar-refractivity contribution is 0.0994. The van der Waals surface area contributed by atoms with Gasteiger partial charge in [-0.1, -0.05) is 29.8 Å². The number of amides is 2. The van der Waals surface area contributed by atoms with Crippen LogP contribution in [0.2, 0.25) is 0 Å². The molecule has 0 fully saturated rings. The standard InChI is InChI=1S/C27H21N3O3S/c1-18-6-4-7-19(16-18)22-17-34-25(24(22)30-13-2-3-14-30)27(32)29-21-11-9-20(10-12-21)28-26(31)23-8-5-15-33-23/h2-17H,1H3,(H,28,31)(H,29,32). The van der Waals surface area contributed by atoms with Gasteiger partial charge in [-0.3, -0.25) is 9.59 Å². The molecule has 0 atom stereocenters. The zero-order valence-corrected chi connectivity index (χ0v) is 19.1. The molecule has 7 heteroatoms. The van der Waals surface area contributed by atoms with Crippen molar-refractivity contribution in [2.75, 3.05) is 10.6 Å². The monoisotopic (exact) mass is 467 g/mol. The number of nitrogens with zero attached hydrogens (tertiary/aromatic N) is 1. The van der Waals surface area contributed by atoms with E-state index in [1.165, 1.54) is 17.6 Å². The fourth-order valence-electron chi connectivity index (χ4n) is 3.70. The van der Waals surface area contributed by atoms with E-state index in [9.17, 15) is 9.59 Å². The van der Waals surface area contributed by atoms with E-state index >= 15 is 0 Å². The first-order chi connectivity index (χ1) is 16.6. The molecule has 0 bridgehead atoms. The minimum atomic E-state index is -0.333. The molecule has 168 valence electrons. The van der Waals surface area contributed by atoms with Gasteiger partial charge in [0.05, 0.1) is 12.0 Å². The van der Waals surface area contributed by atoms with Crippen molar-refractivity contribution in [2.24, 2.45) is 0 Å². The van der Waals surface area contributed by atoms with Crippen LogP contribution in [0.3, 0.4) is 0 Å². The quantitative estimate of drug-likeness (QED) is 0.295. The molecule has 0 unspecified atom stereocenters. The molecule has 0 aliphatic rings. The van der Waals surface area contributed by atoms with Crippen molar-refractivity contribution in [3.05, 3.63) is 113 Å². The Kier molecular flexibility index (Phi) is 5.84. The third-order valence-electron chi connectivity index (χ3n) is 5.31. The van der Waals surface area contributed by atoms with Crippen LogP contribution >= 0.6 is 11.3 Å². The average Bonchev–Trinajstić information content (AvgIpc) is 3.61. The van der Waals surface area contributed by atoms with Gasteiger partial charge in [-0.05, 0) is 61.0 Å². The highest BCUT2D eigenvalue weighted by atomic mass is 32.1. The first-order valence-corrected chi connectivity index (χ1v) is 11.5. The third kappa shape index (κ3) is 4.42. The Morgan fingerprint density at radius 1 is 0.853 bits per heavy atom. The van der Waals surface area contributed by atoms with E-state index < -0.39 is 0 Å². The highest BCUT2D eigenvalue weighted by Crippen LogP contribution is 2.36. The van der Waals surface area contributed by atoms with Gasteiger partial charge in [0.15, 0.2) is 5.76 Å². The largest absolute Gasteiger partial charge is 0.459 e. The molecule has 2 aromatic carbocycles. The Morgan fingerprint density at radius 2 is 1.56 bits per heavy atom. The summed E-state index contributed by atoms with van der Waals surface area (Å²) in [5.41, 5.74) is 5.31. The summed E-state index contributed by atoms with van der Waals surface area (Å²) in [7, 11) is 0. The molecule has 3 aromatic heterocycles. The summed E-state index contributed by atoms with van der Waals surface area (Å²) in [6.45, 7) is 2.06. The molecule has 34 heavy (non-hydrogen) atoms. The fourth-order valence-corrected chi connectivity index (χ4v) is 4.66. The molecule has 0 saturated heterocycles. The molecule has 2 amide bonds. The van der Waals surface area contributed by atoms with E-state index in [4.69, 9.17) is 4.42 Å². The van der Waals surface area contributed by atoms with Gasteiger partial charge in [0.1, 0.15) is 4.88 Å². The van der Waals surface area contributed by atoms with Gasteiger partial charge in [-0.25, -0.2) is 0 Å². The lowest BCUT2D eigenvalue weighted by atomic mass is 10.0. The summed E-state index contributed by atoms with van der Waals surface area (Å²) in [6, 6.07) is 22.3. The number of carbonyl (C=O) groups excluding carboxylic acids is 2. The molecule has 6 nitrogen and oxygen atoms in total. The van der Waals surface area contributed by atoms with Crippen molar-refractivity contribution in [1.29, 1.82) is 0 Å². The van der Waals surface area contributed by atoms with E-state index in [-0.39, 0.29) is 17.6 Å². The van der Waals surface area contributed by atoms with Crippen molar-refractivity contribution < 1.29 is 14.0 Å². The second kappa shape index (κ2) is 9.25. The predicted molar refractivity (Wildman–Crippen MR) is 135 cm³/mol. The molecule has 5 rings (SSSR count). The van der Waals surface area contributed by atoms with E-state index in [1.807, 2.05) is 40.5 Å². The van der Waals surface area contributed by atoms with E-state index in [0.717, 1.165) is 22.4 Å². The van der Waals surface area contributed by atoms with Gasteiger partial charge >= 0.3 is 0 Å². The predicted octanol–water partition coefficient (Wildman–Crippen LogP) is 6.61. The number of furan rings is 1. The van der Waals surface area contributed by atoms with Gasteiger partial charge in [0, 0.05) is 34.7 Å². The smallest absolute Gasteiger partial charge is 0.291 e. The number of aromatic nitrogens is 1. The number of benzene rings is 2. The Hall–Kier alpha value is -4.36. The molecule has 0 spiro atoms. The average molecular weight is 468 g/mol. The molecular weight excluding hydrogens is 446 g/mol. The number of thiophene rings is 1. The topological polar surface area (TPSA) is 76.3 Å². The summed E-state index contributed by atoms with van der Waals surface area (Å²) in [5, 5.41) is 7.76. The maximum absolute atomic E-state index is 13.3. The van der Waals surface area contributed by atoms with E-state index in [1.54, 1.807) is 36.4 Å². The first kappa shape index (κ1) is 21.5. The Morgan fingerprint density at radius 3 is 2.21 bits per heavy atom. The summed E-state index contributed by atoms with van der Waals surface area (Å²) >= 11 is 1.41. The van der Waals surface area contributed by atoms with Crippen molar-refractivity contribution >= 4 is 34.5 Å². The Labute approximate surface area is 200 Å². The molecule has 5 aromatic rings. The second-order valence-corrected chi connectivity index (χ2v) is 8.63. The highest BCUT2D eigenvalue weighted by Gasteiger charge is 2.20. The van der Waals surface area contributed by atoms with Crippen molar-refractivity contribution in [1.82, 2.24) is 4.57 Å². The molecule has 0 aliphatic heterocycles. The maximum Gasteiger partial charge on any atom is 0.291 e. The van der Waals surface area contributed by atoms with E-state index in [0.29, 0.717) is 16.3 Å². The van der Waals surface area contributed by atoms with Gasteiger partial charge in [-0.15, -0.1) is 11.3 Å². The number of hydrogen-bond donors (Lipinski definition) is 2.